The van der Waals surface area contributed by atoms with Crippen molar-refractivity contribution in [3.63, 3.8) is 0 Å². The summed E-state index contributed by atoms with van der Waals surface area (Å²) < 4.78 is 0. The van der Waals surface area contributed by atoms with Gasteiger partial charge >= 0.3 is 0 Å². The molecule has 0 N–H and O–H groups in total. The smallest absolute Gasteiger partial charge is 0.241 e. The molecule has 2 aromatic carbocycles. The minimum atomic E-state index is 0.00501. The van der Waals surface area contributed by atoms with Crippen LogP contribution in [0.5, 0.6) is 0 Å². The number of amides is 1. The molecule has 0 spiro atoms. The van der Waals surface area contributed by atoms with Crippen LogP contribution in [0.4, 0.5) is 5.69 Å². The molecule has 19 heavy (non-hydrogen) atoms. The zero-order chi connectivity index (χ0) is 13.2. The fourth-order valence-corrected chi connectivity index (χ4v) is 3.60. The summed E-state index contributed by atoms with van der Waals surface area (Å²) in [5.41, 5.74) is 2.15. The van der Waals surface area contributed by atoms with E-state index in [1.165, 1.54) is 5.56 Å². The summed E-state index contributed by atoms with van der Waals surface area (Å²) in [4.78, 5) is 14.3. The van der Waals surface area contributed by atoms with Gasteiger partial charge in [0, 0.05) is 5.69 Å². The number of benzene rings is 2. The molecule has 1 saturated heterocycles. The van der Waals surface area contributed by atoms with Crippen molar-refractivity contribution < 1.29 is 4.79 Å². The largest absolute Gasteiger partial charge is 0.295 e. The summed E-state index contributed by atoms with van der Waals surface area (Å²) in [5, 5.41) is 0.0801. The van der Waals surface area contributed by atoms with Crippen LogP contribution in [-0.4, -0.2) is 11.2 Å². The highest BCUT2D eigenvalue weighted by molar-refractivity contribution is 8.01. The monoisotopic (exact) mass is 269 g/mol. The number of carbonyl (C=O) groups excluding carboxylic acids is 1. The molecule has 1 amide bonds. The van der Waals surface area contributed by atoms with Gasteiger partial charge in [0.1, 0.15) is 5.37 Å². The Hall–Kier alpha value is -1.74. The standard InChI is InChI=1S/C16H15NOS/c1-12-15(18)17(14-10-6-3-7-11-14)16(19-12)13-8-4-2-5-9-13/h2-12,16H,1H3/t12-,16-/m1/s1. The number of hydrogen-bond donors (Lipinski definition) is 0. The minimum Gasteiger partial charge on any atom is -0.295 e. The molecule has 2 aromatic rings. The van der Waals surface area contributed by atoms with E-state index < -0.39 is 0 Å². The van der Waals surface area contributed by atoms with Crippen molar-refractivity contribution >= 4 is 23.4 Å². The van der Waals surface area contributed by atoms with E-state index in [0.717, 1.165) is 5.69 Å². The van der Waals surface area contributed by atoms with Crippen molar-refractivity contribution in [3.05, 3.63) is 66.2 Å². The molecule has 2 atom stereocenters. The fourth-order valence-electron chi connectivity index (χ4n) is 2.32. The Balaban J connectivity index is 2.02. The van der Waals surface area contributed by atoms with E-state index in [9.17, 15) is 4.79 Å². The highest BCUT2D eigenvalue weighted by Gasteiger charge is 2.39. The molecule has 3 heteroatoms. The number of thioether (sulfide) groups is 1. The molecule has 0 aliphatic carbocycles. The van der Waals surface area contributed by atoms with Gasteiger partial charge in [-0.05, 0) is 24.6 Å². The first-order valence-electron chi connectivity index (χ1n) is 6.36. The van der Waals surface area contributed by atoms with E-state index in [1.807, 2.05) is 60.4 Å². The average molecular weight is 269 g/mol. The first-order valence-corrected chi connectivity index (χ1v) is 7.30. The predicted molar refractivity (Wildman–Crippen MR) is 80.2 cm³/mol. The lowest BCUT2D eigenvalue weighted by Gasteiger charge is -2.24. The van der Waals surface area contributed by atoms with Crippen molar-refractivity contribution in [2.75, 3.05) is 4.90 Å². The van der Waals surface area contributed by atoms with E-state index in [4.69, 9.17) is 0 Å². The molecule has 1 heterocycles. The Morgan fingerprint density at radius 1 is 0.947 bits per heavy atom. The van der Waals surface area contributed by atoms with E-state index in [2.05, 4.69) is 12.1 Å². The van der Waals surface area contributed by atoms with Gasteiger partial charge < -0.3 is 0 Å². The second-order valence-corrected chi connectivity index (χ2v) is 6.01. The molecule has 3 rings (SSSR count). The SMILES string of the molecule is C[C@H]1S[C@H](c2ccccc2)N(c2ccccc2)C1=O. The summed E-state index contributed by atoms with van der Waals surface area (Å²) in [6.45, 7) is 1.98. The Morgan fingerprint density at radius 2 is 1.53 bits per heavy atom. The van der Waals surface area contributed by atoms with Gasteiger partial charge in [-0.2, -0.15) is 0 Å². The molecule has 1 aliphatic heterocycles. The number of nitrogens with zero attached hydrogens (tertiary/aromatic N) is 1. The van der Waals surface area contributed by atoms with Crippen LogP contribution in [0.25, 0.3) is 0 Å². The lowest BCUT2D eigenvalue weighted by molar-refractivity contribution is -0.117. The fraction of sp³-hybridized carbons (Fsp3) is 0.188. The van der Waals surface area contributed by atoms with Crippen LogP contribution in [0.1, 0.15) is 17.9 Å². The number of para-hydroxylation sites is 1. The van der Waals surface area contributed by atoms with Gasteiger partial charge in [-0.15, -0.1) is 11.8 Å². The quantitative estimate of drug-likeness (QED) is 0.825. The van der Waals surface area contributed by atoms with Crippen LogP contribution in [0, 0.1) is 0 Å². The molecular weight excluding hydrogens is 254 g/mol. The average Bonchev–Trinajstić information content (AvgIpc) is 2.77. The Morgan fingerprint density at radius 3 is 2.16 bits per heavy atom. The molecule has 0 saturated carbocycles. The van der Waals surface area contributed by atoms with Gasteiger partial charge in [-0.1, -0.05) is 48.5 Å². The van der Waals surface area contributed by atoms with Gasteiger partial charge in [0.25, 0.3) is 0 Å². The molecule has 0 aromatic heterocycles. The first-order chi connectivity index (χ1) is 9.27. The Kier molecular flexibility index (Phi) is 3.30. The van der Waals surface area contributed by atoms with Crippen LogP contribution >= 0.6 is 11.8 Å². The number of anilines is 1. The maximum atomic E-state index is 12.4. The highest BCUT2D eigenvalue weighted by Crippen LogP contribution is 2.45. The van der Waals surface area contributed by atoms with Gasteiger partial charge in [0.2, 0.25) is 5.91 Å². The Bertz CT molecular complexity index is 570. The van der Waals surface area contributed by atoms with Crippen molar-refractivity contribution in [2.24, 2.45) is 0 Å². The van der Waals surface area contributed by atoms with Gasteiger partial charge in [-0.3, -0.25) is 9.69 Å². The lowest BCUT2D eigenvalue weighted by Crippen LogP contribution is -2.29. The third-order valence-electron chi connectivity index (χ3n) is 3.27. The molecule has 96 valence electrons. The van der Waals surface area contributed by atoms with E-state index >= 15 is 0 Å². The van der Waals surface area contributed by atoms with Crippen molar-refractivity contribution in [1.82, 2.24) is 0 Å². The molecular formula is C16H15NOS. The van der Waals surface area contributed by atoms with E-state index in [-0.39, 0.29) is 16.5 Å². The summed E-state index contributed by atoms with van der Waals surface area (Å²) in [7, 11) is 0. The zero-order valence-corrected chi connectivity index (χ0v) is 11.5. The van der Waals surface area contributed by atoms with Crippen LogP contribution < -0.4 is 4.90 Å². The van der Waals surface area contributed by atoms with Gasteiger partial charge in [-0.25, -0.2) is 0 Å². The predicted octanol–water partition coefficient (Wildman–Crippen LogP) is 3.85. The van der Waals surface area contributed by atoms with E-state index in [0.29, 0.717) is 0 Å². The third-order valence-corrected chi connectivity index (χ3v) is 4.62. The van der Waals surface area contributed by atoms with Crippen LogP contribution in [0.3, 0.4) is 0 Å². The lowest BCUT2D eigenvalue weighted by atomic mass is 10.2. The number of hydrogen-bond acceptors (Lipinski definition) is 2. The van der Waals surface area contributed by atoms with Crippen molar-refractivity contribution in [3.8, 4) is 0 Å². The first kappa shape index (κ1) is 12.3. The molecule has 0 radical (unpaired) electrons. The molecule has 2 nitrogen and oxygen atoms in total. The molecule has 0 bridgehead atoms. The van der Waals surface area contributed by atoms with Crippen LogP contribution in [-0.2, 0) is 4.79 Å². The number of rotatable bonds is 2. The maximum Gasteiger partial charge on any atom is 0.241 e. The maximum absolute atomic E-state index is 12.4. The topological polar surface area (TPSA) is 20.3 Å². The van der Waals surface area contributed by atoms with Crippen molar-refractivity contribution in [1.29, 1.82) is 0 Å². The highest BCUT2D eigenvalue weighted by atomic mass is 32.2. The molecule has 1 fully saturated rings. The second-order valence-electron chi connectivity index (χ2n) is 4.59. The molecule has 1 aliphatic rings. The van der Waals surface area contributed by atoms with Gasteiger partial charge in [0.05, 0.1) is 5.25 Å². The summed E-state index contributed by atoms with van der Waals surface area (Å²) in [5.74, 6) is 0.185. The summed E-state index contributed by atoms with van der Waals surface area (Å²) >= 11 is 1.71. The number of carbonyl (C=O) groups is 1. The summed E-state index contributed by atoms with van der Waals surface area (Å²) in [6, 6.07) is 20.1. The van der Waals surface area contributed by atoms with Crippen LogP contribution in [0.2, 0.25) is 0 Å². The van der Waals surface area contributed by atoms with Gasteiger partial charge in [0.15, 0.2) is 0 Å². The van der Waals surface area contributed by atoms with Crippen LogP contribution in [0.15, 0.2) is 60.7 Å². The Labute approximate surface area is 117 Å². The summed E-state index contributed by atoms with van der Waals surface area (Å²) in [6.07, 6.45) is 0. The van der Waals surface area contributed by atoms with Crippen molar-refractivity contribution in [2.45, 2.75) is 17.5 Å². The zero-order valence-electron chi connectivity index (χ0n) is 10.7. The van der Waals surface area contributed by atoms with E-state index in [1.54, 1.807) is 11.8 Å². The third kappa shape index (κ3) is 2.26. The normalized spacial score (nSPS) is 22.8. The second kappa shape index (κ2) is 5.10. The minimum absolute atomic E-state index is 0.00501. The molecule has 0 unspecified atom stereocenters.